The summed E-state index contributed by atoms with van der Waals surface area (Å²) in [5.74, 6) is -0.127. The predicted molar refractivity (Wildman–Crippen MR) is 85.6 cm³/mol. The van der Waals surface area contributed by atoms with Gasteiger partial charge in [-0.3, -0.25) is 4.79 Å². The summed E-state index contributed by atoms with van der Waals surface area (Å²) in [5, 5.41) is 2.97. The van der Waals surface area contributed by atoms with Crippen LogP contribution in [0.15, 0.2) is 24.3 Å². The van der Waals surface area contributed by atoms with Crippen LogP contribution in [-0.2, 0) is 9.53 Å². The molecule has 0 spiro atoms. The summed E-state index contributed by atoms with van der Waals surface area (Å²) in [7, 11) is 1.65. The number of benzene rings is 1. The highest BCUT2D eigenvalue weighted by molar-refractivity contribution is 5.97. The van der Waals surface area contributed by atoms with Crippen LogP contribution < -0.4 is 16.0 Å². The van der Waals surface area contributed by atoms with E-state index in [1.807, 2.05) is 18.2 Å². The maximum Gasteiger partial charge on any atom is 0.241 e. The molecule has 1 aromatic rings. The zero-order valence-electron chi connectivity index (χ0n) is 12.7. The van der Waals surface area contributed by atoms with Gasteiger partial charge in [-0.2, -0.15) is 0 Å². The number of para-hydroxylation sites is 2. The predicted octanol–water partition coefficient (Wildman–Crippen LogP) is 1.98. The van der Waals surface area contributed by atoms with Crippen molar-refractivity contribution in [3.05, 3.63) is 24.3 Å². The summed E-state index contributed by atoms with van der Waals surface area (Å²) in [6, 6.07) is 7.44. The van der Waals surface area contributed by atoms with E-state index in [4.69, 9.17) is 10.5 Å². The van der Waals surface area contributed by atoms with E-state index in [-0.39, 0.29) is 5.91 Å². The van der Waals surface area contributed by atoms with Crippen LogP contribution in [0.25, 0.3) is 0 Å². The highest BCUT2D eigenvalue weighted by atomic mass is 16.5. The highest BCUT2D eigenvalue weighted by Gasteiger charge is 2.18. The molecule has 1 fully saturated rings. The Kier molecular flexibility index (Phi) is 6.02. The fraction of sp³-hybridized carbons (Fsp3) is 0.562. The van der Waals surface area contributed by atoms with Crippen LogP contribution in [0.1, 0.15) is 25.7 Å². The largest absolute Gasteiger partial charge is 0.385 e. The van der Waals surface area contributed by atoms with Crippen LogP contribution in [0.3, 0.4) is 0 Å². The van der Waals surface area contributed by atoms with Gasteiger partial charge in [0.15, 0.2) is 0 Å². The Morgan fingerprint density at radius 1 is 1.38 bits per heavy atom. The van der Waals surface area contributed by atoms with E-state index in [0.717, 1.165) is 30.9 Å². The quantitative estimate of drug-likeness (QED) is 0.754. The second kappa shape index (κ2) is 8.00. The van der Waals surface area contributed by atoms with Crippen LogP contribution in [0, 0.1) is 0 Å². The average Bonchev–Trinajstić information content (AvgIpc) is 3.02. The number of nitrogens with one attached hydrogen (secondary N) is 1. The maximum atomic E-state index is 12.2. The maximum absolute atomic E-state index is 12.2. The molecule has 5 heteroatoms. The minimum absolute atomic E-state index is 0.127. The number of carbonyl (C=O) groups excluding carboxylic acids is 1. The molecular formula is C16H25N3O2. The van der Waals surface area contributed by atoms with Gasteiger partial charge in [-0.1, -0.05) is 12.1 Å². The van der Waals surface area contributed by atoms with Gasteiger partial charge < -0.3 is 20.7 Å². The van der Waals surface area contributed by atoms with Crippen molar-refractivity contribution < 1.29 is 9.53 Å². The van der Waals surface area contributed by atoms with E-state index >= 15 is 0 Å². The van der Waals surface area contributed by atoms with E-state index < -0.39 is 6.04 Å². The Hall–Kier alpha value is -1.59. The lowest BCUT2D eigenvalue weighted by atomic mass is 10.1. The first-order chi connectivity index (χ1) is 10.2. The lowest BCUT2D eigenvalue weighted by Crippen LogP contribution is -2.36. The molecule has 1 aromatic carbocycles. The fourth-order valence-electron chi connectivity index (χ4n) is 2.62. The molecule has 0 bridgehead atoms. The third-order valence-corrected chi connectivity index (χ3v) is 3.81. The molecule has 116 valence electrons. The molecule has 0 aliphatic carbocycles. The van der Waals surface area contributed by atoms with Crippen molar-refractivity contribution >= 4 is 17.3 Å². The van der Waals surface area contributed by atoms with Gasteiger partial charge in [-0.05, 0) is 37.8 Å². The molecule has 0 radical (unpaired) electrons. The van der Waals surface area contributed by atoms with Gasteiger partial charge >= 0.3 is 0 Å². The summed E-state index contributed by atoms with van der Waals surface area (Å²) >= 11 is 0. The minimum atomic E-state index is -0.494. The topological polar surface area (TPSA) is 67.6 Å². The molecule has 1 atom stereocenters. The minimum Gasteiger partial charge on any atom is -0.385 e. The SMILES string of the molecule is COCCCC(N)C(=O)Nc1ccccc1N1CCCC1. The molecule has 1 aliphatic rings. The Morgan fingerprint density at radius 2 is 2.10 bits per heavy atom. The lowest BCUT2D eigenvalue weighted by Gasteiger charge is -2.22. The Bertz CT molecular complexity index is 459. The second-order valence-electron chi connectivity index (χ2n) is 5.44. The van der Waals surface area contributed by atoms with Gasteiger partial charge in [0, 0.05) is 26.8 Å². The van der Waals surface area contributed by atoms with Crippen molar-refractivity contribution in [3.8, 4) is 0 Å². The van der Waals surface area contributed by atoms with Gasteiger partial charge in [-0.15, -0.1) is 0 Å². The summed E-state index contributed by atoms with van der Waals surface area (Å²) in [5.41, 5.74) is 7.87. The number of methoxy groups -OCH3 is 1. The molecular weight excluding hydrogens is 266 g/mol. The summed E-state index contributed by atoms with van der Waals surface area (Å²) in [4.78, 5) is 14.5. The third-order valence-electron chi connectivity index (χ3n) is 3.81. The van der Waals surface area contributed by atoms with Crippen LogP contribution >= 0.6 is 0 Å². The molecule has 1 aliphatic heterocycles. The van der Waals surface area contributed by atoms with E-state index in [1.165, 1.54) is 12.8 Å². The van der Waals surface area contributed by atoms with Crippen molar-refractivity contribution in [1.29, 1.82) is 0 Å². The number of amides is 1. The summed E-state index contributed by atoms with van der Waals surface area (Å²) < 4.78 is 4.98. The fourth-order valence-corrected chi connectivity index (χ4v) is 2.62. The number of hydrogen-bond donors (Lipinski definition) is 2. The van der Waals surface area contributed by atoms with Crippen molar-refractivity contribution in [1.82, 2.24) is 0 Å². The zero-order valence-corrected chi connectivity index (χ0v) is 12.7. The van der Waals surface area contributed by atoms with Crippen molar-refractivity contribution in [2.24, 2.45) is 5.73 Å². The molecule has 2 rings (SSSR count). The number of ether oxygens (including phenoxy) is 1. The third kappa shape index (κ3) is 4.44. The molecule has 1 heterocycles. The van der Waals surface area contributed by atoms with Gasteiger partial charge in [0.1, 0.15) is 0 Å². The highest BCUT2D eigenvalue weighted by Crippen LogP contribution is 2.28. The first kappa shape index (κ1) is 15.8. The van der Waals surface area contributed by atoms with E-state index in [2.05, 4.69) is 16.3 Å². The normalized spacial score (nSPS) is 16.0. The van der Waals surface area contributed by atoms with E-state index in [1.54, 1.807) is 7.11 Å². The molecule has 3 N–H and O–H groups in total. The Labute approximate surface area is 126 Å². The zero-order chi connectivity index (χ0) is 15.1. The van der Waals surface area contributed by atoms with Crippen molar-refractivity contribution in [2.75, 3.05) is 37.0 Å². The molecule has 21 heavy (non-hydrogen) atoms. The van der Waals surface area contributed by atoms with Crippen LogP contribution in [0.5, 0.6) is 0 Å². The number of nitrogens with zero attached hydrogens (tertiary/aromatic N) is 1. The molecule has 1 amide bonds. The van der Waals surface area contributed by atoms with Crippen molar-refractivity contribution in [2.45, 2.75) is 31.7 Å². The van der Waals surface area contributed by atoms with E-state index in [9.17, 15) is 4.79 Å². The molecule has 0 saturated carbocycles. The van der Waals surface area contributed by atoms with E-state index in [0.29, 0.717) is 13.0 Å². The number of carbonyl (C=O) groups is 1. The summed E-state index contributed by atoms with van der Waals surface area (Å²) in [6.45, 7) is 2.73. The monoisotopic (exact) mass is 291 g/mol. The Balaban J connectivity index is 1.97. The van der Waals surface area contributed by atoms with Crippen LogP contribution in [0.4, 0.5) is 11.4 Å². The number of anilines is 2. The van der Waals surface area contributed by atoms with Crippen LogP contribution in [-0.4, -0.2) is 38.8 Å². The number of nitrogens with two attached hydrogens (primary N) is 1. The summed E-state index contributed by atoms with van der Waals surface area (Å²) in [6.07, 6.45) is 3.84. The van der Waals surface area contributed by atoms with Crippen LogP contribution in [0.2, 0.25) is 0 Å². The first-order valence-electron chi connectivity index (χ1n) is 7.61. The smallest absolute Gasteiger partial charge is 0.241 e. The number of hydrogen-bond acceptors (Lipinski definition) is 4. The lowest BCUT2D eigenvalue weighted by molar-refractivity contribution is -0.117. The van der Waals surface area contributed by atoms with Gasteiger partial charge in [0.25, 0.3) is 0 Å². The molecule has 0 aromatic heterocycles. The molecule has 1 unspecified atom stereocenters. The van der Waals surface area contributed by atoms with Crippen molar-refractivity contribution in [3.63, 3.8) is 0 Å². The molecule has 1 saturated heterocycles. The standard InChI is InChI=1S/C16H25N3O2/c1-21-12-6-7-13(17)16(20)18-14-8-2-3-9-15(14)19-10-4-5-11-19/h2-3,8-9,13H,4-7,10-12,17H2,1H3,(H,18,20). The van der Waals surface area contributed by atoms with Gasteiger partial charge in [0.2, 0.25) is 5.91 Å². The molecule has 5 nitrogen and oxygen atoms in total. The Morgan fingerprint density at radius 3 is 2.81 bits per heavy atom. The average molecular weight is 291 g/mol. The number of rotatable bonds is 7. The van der Waals surface area contributed by atoms with Gasteiger partial charge in [0.05, 0.1) is 17.4 Å². The first-order valence-corrected chi connectivity index (χ1v) is 7.61. The van der Waals surface area contributed by atoms with Gasteiger partial charge in [-0.25, -0.2) is 0 Å². The second-order valence-corrected chi connectivity index (χ2v) is 5.44.